The fraction of sp³-hybridized carbons (Fsp3) is 0.100. The second-order valence-corrected chi connectivity index (χ2v) is 8.19. The lowest BCUT2D eigenvalue weighted by Gasteiger charge is -2.32. The van der Waals surface area contributed by atoms with Crippen LogP contribution in [-0.2, 0) is 14.3 Å². The minimum Gasteiger partial charge on any atom is -0.355 e. The molecule has 1 fully saturated rings. The molecule has 5 rings (SSSR count). The summed E-state index contributed by atoms with van der Waals surface area (Å²) in [4.78, 5) is 11.3. The summed E-state index contributed by atoms with van der Waals surface area (Å²) in [6, 6.07) is 32.1. The van der Waals surface area contributed by atoms with Gasteiger partial charge in [0.15, 0.2) is 12.6 Å². The van der Waals surface area contributed by atoms with E-state index < -0.39 is 0 Å². The Hall–Kier alpha value is -4.19. The summed E-state index contributed by atoms with van der Waals surface area (Å²) in [6.45, 7) is 1.88. The van der Waals surface area contributed by atoms with Crippen molar-refractivity contribution in [3.63, 3.8) is 0 Å². The molecule has 0 radical (unpaired) electrons. The lowest BCUT2D eigenvalue weighted by molar-refractivity contribution is -0.354. The van der Waals surface area contributed by atoms with E-state index in [1.807, 2.05) is 85.8 Å². The quantitative estimate of drug-likeness (QED) is 0.226. The van der Waals surface area contributed by atoms with Gasteiger partial charge in [-0.3, -0.25) is 4.79 Å². The molecule has 1 saturated heterocycles. The van der Waals surface area contributed by atoms with E-state index in [2.05, 4.69) is 34.9 Å². The van der Waals surface area contributed by atoms with Gasteiger partial charge in [0.1, 0.15) is 6.29 Å². The fourth-order valence-electron chi connectivity index (χ4n) is 4.14. The third-order valence-corrected chi connectivity index (χ3v) is 5.82. The third-order valence-electron chi connectivity index (χ3n) is 5.82. The number of aldehydes is 1. The van der Waals surface area contributed by atoms with Crippen molar-refractivity contribution in [1.82, 2.24) is 0 Å². The normalized spacial score (nSPS) is 18.1. The van der Waals surface area contributed by atoms with Crippen molar-refractivity contribution in [2.24, 2.45) is 0 Å². The molecule has 4 aromatic carbocycles. The minimum absolute atomic E-state index is 0.197. The molecule has 1 aliphatic heterocycles. The lowest BCUT2D eigenvalue weighted by atomic mass is 10.0. The van der Waals surface area contributed by atoms with Crippen molar-refractivity contribution >= 4 is 39.8 Å². The Labute approximate surface area is 204 Å². The van der Waals surface area contributed by atoms with Gasteiger partial charge in [-0.15, -0.1) is 0 Å². The van der Waals surface area contributed by atoms with Crippen LogP contribution in [-0.4, -0.2) is 18.9 Å². The highest BCUT2D eigenvalue weighted by molar-refractivity contribution is 6.05. The summed E-state index contributed by atoms with van der Waals surface area (Å²) in [7, 11) is 0. The number of anilines is 2. The molecule has 0 saturated carbocycles. The molecule has 1 heterocycles. The lowest BCUT2D eigenvalue weighted by Crippen LogP contribution is -2.37. The van der Waals surface area contributed by atoms with Crippen LogP contribution in [0.2, 0.25) is 0 Å². The average Bonchev–Trinajstić information content (AvgIpc) is 2.88. The van der Waals surface area contributed by atoms with Crippen LogP contribution in [0, 0.1) is 0 Å². The maximum atomic E-state index is 11.3. The predicted molar refractivity (Wildman–Crippen MR) is 142 cm³/mol. The van der Waals surface area contributed by atoms with Crippen LogP contribution in [0.5, 0.6) is 0 Å². The molecule has 4 aromatic rings. The Morgan fingerprint density at radius 1 is 0.686 bits per heavy atom. The second kappa shape index (κ2) is 10.4. The summed E-state index contributed by atoms with van der Waals surface area (Å²) in [5, 5.41) is 9.12. The monoisotopic (exact) mass is 462 g/mol. The van der Waals surface area contributed by atoms with Gasteiger partial charge in [-0.1, -0.05) is 84.9 Å². The molecule has 0 aliphatic carbocycles. The molecule has 5 heteroatoms. The summed E-state index contributed by atoms with van der Waals surface area (Å²) in [6.07, 6.45) is 3.72. The first-order valence-corrected chi connectivity index (χ1v) is 11.6. The molecule has 0 spiro atoms. The van der Waals surface area contributed by atoms with E-state index in [0.717, 1.165) is 51.0 Å². The minimum atomic E-state index is -0.387. The molecule has 1 aliphatic rings. The Bertz CT molecular complexity index is 1370. The van der Waals surface area contributed by atoms with E-state index in [9.17, 15) is 4.79 Å². The molecule has 2 N–H and O–H groups in total. The van der Waals surface area contributed by atoms with Gasteiger partial charge in [-0.2, -0.15) is 0 Å². The first-order valence-electron chi connectivity index (χ1n) is 11.6. The van der Waals surface area contributed by atoms with E-state index in [-0.39, 0.29) is 12.6 Å². The van der Waals surface area contributed by atoms with Crippen LogP contribution in [0.15, 0.2) is 109 Å². The van der Waals surface area contributed by atoms with Crippen molar-refractivity contribution in [3.05, 3.63) is 120 Å². The number of allylic oxidation sites excluding steroid dienone is 1. The number of nitrogens with one attached hydrogen (secondary N) is 2. The van der Waals surface area contributed by atoms with Gasteiger partial charge in [0.25, 0.3) is 0 Å². The molecule has 35 heavy (non-hydrogen) atoms. The van der Waals surface area contributed by atoms with E-state index in [4.69, 9.17) is 9.47 Å². The molecule has 0 aromatic heterocycles. The molecule has 0 atom stereocenters. The van der Waals surface area contributed by atoms with Crippen LogP contribution >= 0.6 is 0 Å². The SMILES string of the molecule is CC1OC(/C=C(/Nc2cccc3c(N/C(=C/C=O)c4ccccc4)cccc23)c2ccccc2)O1. The number of ether oxygens (including phenoxy) is 2. The van der Waals surface area contributed by atoms with E-state index in [1.165, 1.54) is 0 Å². The number of carbonyl (C=O) groups excluding carboxylic acids is 1. The molecular weight excluding hydrogens is 436 g/mol. The Kier molecular flexibility index (Phi) is 6.70. The maximum Gasteiger partial charge on any atom is 0.185 e. The molecule has 0 amide bonds. The van der Waals surface area contributed by atoms with Crippen LogP contribution < -0.4 is 10.6 Å². The molecule has 0 unspecified atom stereocenters. The molecular formula is C30H26N2O3. The standard InChI is InChI=1S/C30H26N2O3/c1-21-34-30(35-21)20-29(23-12-6-3-7-13-23)32-28-17-9-14-24-25(28)15-8-16-27(24)31-26(18-19-33)22-10-4-2-5-11-22/h2-21,30-32H,1H3/b26-18+,29-20+. The largest absolute Gasteiger partial charge is 0.355 e. The molecule has 5 nitrogen and oxygen atoms in total. The zero-order valence-electron chi connectivity index (χ0n) is 19.3. The number of benzene rings is 4. The number of carbonyl (C=O) groups is 1. The maximum absolute atomic E-state index is 11.3. The molecule has 174 valence electrons. The summed E-state index contributed by atoms with van der Waals surface area (Å²) >= 11 is 0. The number of hydrogen-bond acceptors (Lipinski definition) is 5. The summed E-state index contributed by atoms with van der Waals surface area (Å²) in [5.41, 5.74) is 5.48. The first kappa shape index (κ1) is 22.6. The van der Waals surface area contributed by atoms with Gasteiger partial charge >= 0.3 is 0 Å². The van der Waals surface area contributed by atoms with Gasteiger partial charge in [-0.25, -0.2) is 0 Å². The zero-order chi connectivity index (χ0) is 24.0. The van der Waals surface area contributed by atoms with Gasteiger partial charge in [0, 0.05) is 39.6 Å². The Morgan fingerprint density at radius 3 is 1.71 bits per heavy atom. The van der Waals surface area contributed by atoms with Crippen LogP contribution in [0.25, 0.3) is 22.2 Å². The number of fused-ring (bicyclic) bond motifs is 1. The topological polar surface area (TPSA) is 59.6 Å². The highest BCUT2D eigenvalue weighted by Gasteiger charge is 2.25. The third kappa shape index (κ3) is 5.17. The van der Waals surface area contributed by atoms with Crippen LogP contribution in [0.4, 0.5) is 11.4 Å². The average molecular weight is 463 g/mol. The van der Waals surface area contributed by atoms with Crippen molar-refractivity contribution in [2.45, 2.75) is 19.5 Å². The van der Waals surface area contributed by atoms with Gasteiger partial charge in [-0.05, 0) is 36.3 Å². The number of hydrogen-bond donors (Lipinski definition) is 2. The van der Waals surface area contributed by atoms with Crippen molar-refractivity contribution in [2.75, 3.05) is 10.6 Å². The molecule has 0 bridgehead atoms. The van der Waals surface area contributed by atoms with E-state index in [0.29, 0.717) is 0 Å². The predicted octanol–water partition coefficient (Wildman–Crippen LogP) is 6.66. The highest BCUT2D eigenvalue weighted by atomic mass is 16.9. The van der Waals surface area contributed by atoms with E-state index >= 15 is 0 Å². The van der Waals surface area contributed by atoms with Gasteiger partial charge in [0.05, 0.1) is 0 Å². The Morgan fingerprint density at radius 2 is 1.20 bits per heavy atom. The van der Waals surface area contributed by atoms with Crippen LogP contribution in [0.1, 0.15) is 18.1 Å². The van der Waals surface area contributed by atoms with Crippen molar-refractivity contribution < 1.29 is 14.3 Å². The van der Waals surface area contributed by atoms with Gasteiger partial charge < -0.3 is 20.1 Å². The summed E-state index contributed by atoms with van der Waals surface area (Å²) < 4.78 is 11.3. The van der Waals surface area contributed by atoms with Crippen molar-refractivity contribution in [3.8, 4) is 0 Å². The smallest absolute Gasteiger partial charge is 0.185 e. The van der Waals surface area contributed by atoms with Gasteiger partial charge in [0.2, 0.25) is 0 Å². The van der Waals surface area contributed by atoms with Crippen molar-refractivity contribution in [1.29, 1.82) is 0 Å². The Balaban J connectivity index is 1.50. The number of rotatable bonds is 8. The summed E-state index contributed by atoms with van der Waals surface area (Å²) in [5.74, 6) is 0. The fourth-order valence-corrected chi connectivity index (χ4v) is 4.14. The first-order chi connectivity index (χ1) is 17.2. The second-order valence-electron chi connectivity index (χ2n) is 8.19. The van der Waals surface area contributed by atoms with Crippen LogP contribution in [0.3, 0.4) is 0 Å². The highest BCUT2D eigenvalue weighted by Crippen LogP contribution is 2.33. The van der Waals surface area contributed by atoms with E-state index in [1.54, 1.807) is 6.08 Å². The zero-order valence-corrected chi connectivity index (χ0v) is 19.3.